The van der Waals surface area contributed by atoms with E-state index in [4.69, 9.17) is 0 Å². The summed E-state index contributed by atoms with van der Waals surface area (Å²) in [5.74, 6) is -0.236. The van der Waals surface area contributed by atoms with Gasteiger partial charge in [-0.05, 0) is 37.1 Å². The lowest BCUT2D eigenvalue weighted by Crippen LogP contribution is -2.26. The zero-order valence-corrected chi connectivity index (χ0v) is 12.3. The Kier molecular flexibility index (Phi) is 3.87. The molecule has 1 heterocycles. The van der Waals surface area contributed by atoms with Gasteiger partial charge in [-0.25, -0.2) is 0 Å². The highest BCUT2D eigenvalue weighted by molar-refractivity contribution is 6.00. The highest BCUT2D eigenvalue weighted by Crippen LogP contribution is 2.25. The van der Waals surface area contributed by atoms with Crippen molar-refractivity contribution in [2.75, 3.05) is 5.32 Å². The number of nitrogens with zero attached hydrogens (tertiary/aromatic N) is 1. The molecule has 5 heteroatoms. The monoisotopic (exact) mass is 295 g/mol. The van der Waals surface area contributed by atoms with Crippen LogP contribution in [0.3, 0.4) is 0 Å². The molecule has 3 rings (SSSR count). The number of anilines is 1. The summed E-state index contributed by atoms with van der Waals surface area (Å²) in [6.07, 6.45) is 3.74. The predicted octanol–water partition coefficient (Wildman–Crippen LogP) is 2.60. The van der Waals surface area contributed by atoms with E-state index >= 15 is 0 Å². The van der Waals surface area contributed by atoms with Gasteiger partial charge in [-0.1, -0.05) is 12.1 Å². The van der Waals surface area contributed by atoms with E-state index < -0.39 is 0 Å². The molecule has 1 saturated carbocycles. The quantitative estimate of drug-likeness (QED) is 0.910. The Morgan fingerprint density at radius 2 is 2.00 bits per heavy atom. The lowest BCUT2D eigenvalue weighted by molar-refractivity contribution is -0.114. The molecule has 1 aliphatic rings. The third-order valence-electron chi connectivity index (χ3n) is 3.42. The highest BCUT2D eigenvalue weighted by Gasteiger charge is 2.25. The van der Waals surface area contributed by atoms with Gasteiger partial charge in [0.15, 0.2) is 0 Å². The molecule has 0 saturated heterocycles. The van der Waals surface area contributed by atoms with Crippen LogP contribution in [0.5, 0.6) is 0 Å². The van der Waals surface area contributed by atoms with Gasteiger partial charge < -0.3 is 10.6 Å². The summed E-state index contributed by atoms with van der Waals surface area (Å²) in [5, 5.41) is 5.72. The van der Waals surface area contributed by atoms with E-state index in [2.05, 4.69) is 15.6 Å². The SMILES string of the molecule is CC(=O)Nc1cccc(-c2ncccc2C(=O)NC2CC2)c1. The molecule has 2 N–H and O–H groups in total. The molecule has 1 aromatic carbocycles. The number of carbonyl (C=O) groups is 2. The molecule has 112 valence electrons. The van der Waals surface area contributed by atoms with Crippen LogP contribution in [-0.2, 0) is 4.79 Å². The number of nitrogens with one attached hydrogen (secondary N) is 2. The molecule has 1 aliphatic carbocycles. The Labute approximate surface area is 128 Å². The third-order valence-corrected chi connectivity index (χ3v) is 3.42. The van der Waals surface area contributed by atoms with Crippen molar-refractivity contribution in [3.05, 3.63) is 48.2 Å². The van der Waals surface area contributed by atoms with E-state index in [-0.39, 0.29) is 11.8 Å². The van der Waals surface area contributed by atoms with Crippen LogP contribution in [-0.4, -0.2) is 22.8 Å². The average molecular weight is 295 g/mol. The maximum absolute atomic E-state index is 12.3. The van der Waals surface area contributed by atoms with Crippen molar-refractivity contribution in [3.63, 3.8) is 0 Å². The average Bonchev–Trinajstić information content (AvgIpc) is 3.31. The number of hydrogen-bond acceptors (Lipinski definition) is 3. The molecule has 0 spiro atoms. The van der Waals surface area contributed by atoms with Crippen LogP contribution in [0.25, 0.3) is 11.3 Å². The minimum absolute atomic E-state index is 0.101. The van der Waals surface area contributed by atoms with Gasteiger partial charge in [-0.15, -0.1) is 0 Å². The highest BCUT2D eigenvalue weighted by atomic mass is 16.2. The lowest BCUT2D eigenvalue weighted by atomic mass is 10.0. The molecule has 0 atom stereocenters. The first kappa shape index (κ1) is 14.3. The summed E-state index contributed by atoms with van der Waals surface area (Å²) in [5.41, 5.74) is 2.65. The molecule has 1 aromatic heterocycles. The number of aromatic nitrogens is 1. The van der Waals surface area contributed by atoms with Crippen LogP contribution >= 0.6 is 0 Å². The smallest absolute Gasteiger partial charge is 0.253 e. The Morgan fingerprint density at radius 1 is 1.18 bits per heavy atom. The second kappa shape index (κ2) is 5.97. The van der Waals surface area contributed by atoms with Crippen LogP contribution in [0, 0.1) is 0 Å². The molecule has 0 aliphatic heterocycles. The molecule has 0 unspecified atom stereocenters. The summed E-state index contributed by atoms with van der Waals surface area (Å²) in [7, 11) is 0. The van der Waals surface area contributed by atoms with Crippen molar-refractivity contribution in [2.24, 2.45) is 0 Å². The third kappa shape index (κ3) is 3.31. The molecule has 5 nitrogen and oxygen atoms in total. The first-order chi connectivity index (χ1) is 10.6. The van der Waals surface area contributed by atoms with Crippen LogP contribution < -0.4 is 10.6 Å². The van der Waals surface area contributed by atoms with Gasteiger partial charge in [0.25, 0.3) is 5.91 Å². The standard InChI is InChI=1S/C17H17N3O2/c1-11(21)19-14-5-2-4-12(10-14)16-15(6-3-9-18-16)17(22)20-13-7-8-13/h2-6,9-10,13H,7-8H2,1H3,(H,19,21)(H,20,22). The van der Waals surface area contributed by atoms with E-state index in [0.29, 0.717) is 23.0 Å². The molecule has 2 amide bonds. The number of carbonyl (C=O) groups excluding carboxylic acids is 2. The number of rotatable bonds is 4. The zero-order chi connectivity index (χ0) is 15.5. The molecule has 1 fully saturated rings. The van der Waals surface area contributed by atoms with Gasteiger partial charge in [0.1, 0.15) is 0 Å². The van der Waals surface area contributed by atoms with Gasteiger partial charge >= 0.3 is 0 Å². The maximum Gasteiger partial charge on any atom is 0.253 e. The summed E-state index contributed by atoms with van der Waals surface area (Å²) >= 11 is 0. The van der Waals surface area contributed by atoms with Crippen molar-refractivity contribution in [1.29, 1.82) is 0 Å². The Hall–Kier alpha value is -2.69. The van der Waals surface area contributed by atoms with Crippen molar-refractivity contribution in [2.45, 2.75) is 25.8 Å². The zero-order valence-electron chi connectivity index (χ0n) is 12.3. The molecule has 22 heavy (non-hydrogen) atoms. The Balaban J connectivity index is 1.93. The summed E-state index contributed by atoms with van der Waals surface area (Å²) in [6, 6.07) is 11.1. The minimum atomic E-state index is -0.134. The van der Waals surface area contributed by atoms with E-state index in [1.165, 1.54) is 6.92 Å². The van der Waals surface area contributed by atoms with Crippen molar-refractivity contribution in [3.8, 4) is 11.3 Å². The van der Waals surface area contributed by atoms with Gasteiger partial charge in [-0.3, -0.25) is 14.6 Å². The Morgan fingerprint density at radius 3 is 2.73 bits per heavy atom. The number of amides is 2. The molecular weight excluding hydrogens is 278 g/mol. The first-order valence-electron chi connectivity index (χ1n) is 7.27. The fraction of sp³-hybridized carbons (Fsp3) is 0.235. The summed E-state index contributed by atoms with van der Waals surface area (Å²) < 4.78 is 0. The first-order valence-corrected chi connectivity index (χ1v) is 7.27. The van der Waals surface area contributed by atoms with Crippen LogP contribution in [0.1, 0.15) is 30.1 Å². The van der Waals surface area contributed by atoms with Crippen LogP contribution in [0.15, 0.2) is 42.6 Å². The second-order valence-corrected chi connectivity index (χ2v) is 5.41. The largest absolute Gasteiger partial charge is 0.349 e. The van der Waals surface area contributed by atoms with E-state index in [9.17, 15) is 9.59 Å². The fourth-order valence-corrected chi connectivity index (χ4v) is 2.26. The van der Waals surface area contributed by atoms with Crippen LogP contribution in [0.2, 0.25) is 0 Å². The topological polar surface area (TPSA) is 71.1 Å². The number of pyridine rings is 1. The van der Waals surface area contributed by atoms with Gasteiger partial charge in [0.2, 0.25) is 5.91 Å². The summed E-state index contributed by atoms with van der Waals surface area (Å²) in [6.45, 7) is 1.46. The van der Waals surface area contributed by atoms with Crippen molar-refractivity contribution >= 4 is 17.5 Å². The van der Waals surface area contributed by atoms with Gasteiger partial charge in [0.05, 0.1) is 11.3 Å². The van der Waals surface area contributed by atoms with Gasteiger partial charge in [-0.2, -0.15) is 0 Å². The number of hydrogen-bond donors (Lipinski definition) is 2. The van der Waals surface area contributed by atoms with Gasteiger partial charge in [0, 0.05) is 30.4 Å². The van der Waals surface area contributed by atoms with Crippen molar-refractivity contribution in [1.82, 2.24) is 10.3 Å². The molecule has 0 bridgehead atoms. The number of benzene rings is 1. The molecule has 0 radical (unpaired) electrons. The Bertz CT molecular complexity index is 723. The van der Waals surface area contributed by atoms with E-state index in [1.54, 1.807) is 24.4 Å². The fourth-order valence-electron chi connectivity index (χ4n) is 2.26. The minimum Gasteiger partial charge on any atom is -0.349 e. The van der Waals surface area contributed by atoms with E-state index in [1.807, 2.05) is 18.2 Å². The predicted molar refractivity (Wildman–Crippen MR) is 84.5 cm³/mol. The van der Waals surface area contributed by atoms with E-state index in [0.717, 1.165) is 18.4 Å². The molecular formula is C17H17N3O2. The van der Waals surface area contributed by atoms with Crippen molar-refractivity contribution < 1.29 is 9.59 Å². The lowest BCUT2D eigenvalue weighted by Gasteiger charge is -2.10. The normalized spacial score (nSPS) is 13.5. The maximum atomic E-state index is 12.3. The molecule has 2 aromatic rings. The second-order valence-electron chi connectivity index (χ2n) is 5.41. The van der Waals surface area contributed by atoms with Crippen LogP contribution in [0.4, 0.5) is 5.69 Å². The summed E-state index contributed by atoms with van der Waals surface area (Å²) in [4.78, 5) is 27.8.